The van der Waals surface area contributed by atoms with Gasteiger partial charge in [-0.15, -0.1) is 11.3 Å². The van der Waals surface area contributed by atoms with Gasteiger partial charge in [0.05, 0.1) is 0 Å². The molecule has 4 aliphatic carbocycles. The summed E-state index contributed by atoms with van der Waals surface area (Å²) in [5.41, 5.74) is 13.0. The van der Waals surface area contributed by atoms with E-state index in [1.165, 1.54) is 103 Å². The Labute approximate surface area is 345 Å². The van der Waals surface area contributed by atoms with Gasteiger partial charge in [0.25, 0.3) is 0 Å². The molecule has 2 heteroatoms. The van der Waals surface area contributed by atoms with Crippen molar-refractivity contribution in [2.45, 2.75) is 43.9 Å². The van der Waals surface area contributed by atoms with Gasteiger partial charge in [-0.05, 0) is 154 Å². The van der Waals surface area contributed by atoms with E-state index in [4.69, 9.17) is 0 Å². The van der Waals surface area contributed by atoms with Crippen LogP contribution in [0.2, 0.25) is 0 Å². The SMILES string of the molecule is c1ccc(-c2cccc3cccc(-c4ccc(N(c5ccc(-c6ccc(C78CC9CC(CC(C9)C7)C8)cc6)cc5)c5ccc6c(c5)sc5ccccc56)cc4)c23)cc1. The number of thiophene rings is 1. The zero-order chi connectivity index (χ0) is 38.2. The Kier molecular flexibility index (Phi) is 7.98. The van der Waals surface area contributed by atoms with Crippen LogP contribution in [0.4, 0.5) is 17.1 Å². The molecule has 4 bridgehead atoms. The summed E-state index contributed by atoms with van der Waals surface area (Å²) in [6.07, 6.45) is 8.70. The molecule has 280 valence electrons. The molecule has 1 aromatic heterocycles. The normalized spacial score (nSPS) is 20.9. The Morgan fingerprint density at radius 3 is 1.57 bits per heavy atom. The van der Waals surface area contributed by atoms with Gasteiger partial charge in [-0.1, -0.05) is 140 Å². The summed E-state index contributed by atoms with van der Waals surface area (Å²) in [5.74, 6) is 2.88. The van der Waals surface area contributed by atoms with Gasteiger partial charge in [-0.3, -0.25) is 0 Å². The first-order valence-corrected chi connectivity index (χ1v) is 22.1. The van der Waals surface area contributed by atoms with Crippen molar-refractivity contribution in [2.24, 2.45) is 17.8 Å². The van der Waals surface area contributed by atoms with Gasteiger partial charge >= 0.3 is 0 Å². The van der Waals surface area contributed by atoms with Gasteiger partial charge < -0.3 is 4.90 Å². The smallest absolute Gasteiger partial charge is 0.0476 e. The average Bonchev–Trinajstić information content (AvgIpc) is 3.65. The molecule has 4 saturated carbocycles. The summed E-state index contributed by atoms with van der Waals surface area (Å²) in [4.78, 5) is 2.42. The quantitative estimate of drug-likeness (QED) is 0.156. The summed E-state index contributed by atoms with van der Waals surface area (Å²) in [6.45, 7) is 0. The fraction of sp³-hybridized carbons (Fsp3) is 0.179. The molecule has 0 amide bonds. The molecule has 9 aromatic rings. The summed E-state index contributed by atoms with van der Waals surface area (Å²) in [7, 11) is 0. The number of fused-ring (bicyclic) bond motifs is 4. The highest BCUT2D eigenvalue weighted by Gasteiger charge is 2.51. The van der Waals surface area contributed by atoms with Gasteiger partial charge in [0.2, 0.25) is 0 Å². The van der Waals surface area contributed by atoms with E-state index >= 15 is 0 Å². The third-order valence-corrected chi connectivity index (χ3v) is 15.2. The lowest BCUT2D eigenvalue weighted by Gasteiger charge is -2.57. The van der Waals surface area contributed by atoms with Crippen LogP contribution >= 0.6 is 11.3 Å². The summed E-state index contributed by atoms with van der Waals surface area (Å²) in [6, 6.07) is 68.0. The summed E-state index contributed by atoms with van der Waals surface area (Å²) < 4.78 is 2.63. The minimum absolute atomic E-state index is 0.431. The van der Waals surface area contributed by atoms with Crippen LogP contribution < -0.4 is 4.90 Å². The Hall–Kier alpha value is -5.96. The Morgan fingerprint density at radius 1 is 0.414 bits per heavy atom. The van der Waals surface area contributed by atoms with Crippen molar-refractivity contribution in [3.63, 3.8) is 0 Å². The lowest BCUT2D eigenvalue weighted by Crippen LogP contribution is -2.48. The molecular formula is C56H45NS. The predicted octanol–water partition coefficient (Wildman–Crippen LogP) is 16.1. The van der Waals surface area contributed by atoms with E-state index in [1.807, 2.05) is 11.3 Å². The van der Waals surface area contributed by atoms with Crippen molar-refractivity contribution >= 4 is 59.3 Å². The highest BCUT2D eigenvalue weighted by atomic mass is 32.1. The molecule has 0 saturated heterocycles. The van der Waals surface area contributed by atoms with Crippen LogP contribution in [0.3, 0.4) is 0 Å². The number of anilines is 3. The second kappa shape index (κ2) is 13.6. The second-order valence-corrected chi connectivity index (χ2v) is 18.6. The van der Waals surface area contributed by atoms with E-state index in [0.29, 0.717) is 5.41 Å². The lowest BCUT2D eigenvalue weighted by molar-refractivity contribution is -0.00518. The molecule has 0 spiro atoms. The molecule has 1 nitrogen and oxygen atoms in total. The number of benzene rings is 8. The molecule has 1 heterocycles. The van der Waals surface area contributed by atoms with Gasteiger partial charge in [-0.2, -0.15) is 0 Å². The number of nitrogens with zero attached hydrogens (tertiary/aromatic N) is 1. The third-order valence-electron chi connectivity index (χ3n) is 14.0. The molecule has 0 unspecified atom stereocenters. The highest BCUT2D eigenvalue weighted by molar-refractivity contribution is 7.25. The van der Waals surface area contributed by atoms with E-state index < -0.39 is 0 Å². The van der Waals surface area contributed by atoms with E-state index in [-0.39, 0.29) is 0 Å². The fourth-order valence-corrected chi connectivity index (χ4v) is 13.0. The van der Waals surface area contributed by atoms with Crippen molar-refractivity contribution in [2.75, 3.05) is 4.90 Å². The van der Waals surface area contributed by atoms with Gasteiger partial charge in [0.1, 0.15) is 0 Å². The molecule has 0 aliphatic heterocycles. The number of rotatable bonds is 7. The van der Waals surface area contributed by atoms with Crippen molar-refractivity contribution in [1.29, 1.82) is 0 Å². The molecule has 58 heavy (non-hydrogen) atoms. The Balaban J connectivity index is 0.914. The van der Waals surface area contributed by atoms with E-state index in [1.54, 1.807) is 5.56 Å². The van der Waals surface area contributed by atoms with Gasteiger partial charge in [-0.25, -0.2) is 0 Å². The van der Waals surface area contributed by atoms with Crippen LogP contribution in [0.15, 0.2) is 182 Å². The van der Waals surface area contributed by atoms with E-state index in [9.17, 15) is 0 Å². The molecule has 4 aliphatic rings. The zero-order valence-corrected chi connectivity index (χ0v) is 33.5. The van der Waals surface area contributed by atoms with Crippen LogP contribution in [0.25, 0.3) is 64.3 Å². The molecule has 0 atom stereocenters. The van der Waals surface area contributed by atoms with Crippen molar-refractivity contribution < 1.29 is 0 Å². The maximum Gasteiger partial charge on any atom is 0.0476 e. The average molecular weight is 764 g/mol. The maximum atomic E-state index is 2.48. The molecule has 0 N–H and O–H groups in total. The second-order valence-electron chi connectivity index (χ2n) is 17.6. The minimum Gasteiger partial charge on any atom is -0.310 e. The third kappa shape index (κ3) is 5.72. The monoisotopic (exact) mass is 763 g/mol. The Morgan fingerprint density at radius 2 is 0.931 bits per heavy atom. The number of hydrogen-bond acceptors (Lipinski definition) is 2. The lowest BCUT2D eigenvalue weighted by atomic mass is 9.48. The standard InChI is InChI=1S/C56H45NS/c1-2-8-42(9-3-1)49-13-6-10-44-11-7-14-50(55(44)49)43-20-26-47(27-21-43)57(48-28-29-52-51-12-4-5-15-53(51)58-54(52)33-48)46-24-18-41(19-25-46)40-16-22-45(23-17-40)56-34-37-30-38(35-56)32-39(31-37)36-56/h1-29,33,37-39H,30-32,34-36H2. The van der Waals surface area contributed by atoms with Crippen molar-refractivity contribution in [3.8, 4) is 33.4 Å². The first-order chi connectivity index (χ1) is 28.6. The fourth-order valence-electron chi connectivity index (χ4n) is 11.8. The van der Waals surface area contributed by atoms with E-state index in [2.05, 4.69) is 187 Å². The summed E-state index contributed by atoms with van der Waals surface area (Å²) >= 11 is 1.88. The number of hydrogen-bond donors (Lipinski definition) is 0. The predicted molar refractivity (Wildman–Crippen MR) is 248 cm³/mol. The largest absolute Gasteiger partial charge is 0.310 e. The van der Waals surface area contributed by atoms with Crippen LogP contribution in [0.5, 0.6) is 0 Å². The van der Waals surface area contributed by atoms with Crippen LogP contribution in [-0.4, -0.2) is 0 Å². The van der Waals surface area contributed by atoms with Crippen molar-refractivity contribution in [3.05, 3.63) is 188 Å². The topological polar surface area (TPSA) is 3.24 Å². The summed E-state index contributed by atoms with van der Waals surface area (Å²) in [5, 5.41) is 5.19. The molecule has 0 radical (unpaired) electrons. The minimum atomic E-state index is 0.431. The molecular weight excluding hydrogens is 719 g/mol. The highest BCUT2D eigenvalue weighted by Crippen LogP contribution is 2.60. The first-order valence-electron chi connectivity index (χ1n) is 21.2. The van der Waals surface area contributed by atoms with Crippen molar-refractivity contribution in [1.82, 2.24) is 0 Å². The first kappa shape index (κ1) is 34.1. The van der Waals surface area contributed by atoms with Crippen LogP contribution in [-0.2, 0) is 5.41 Å². The maximum absolute atomic E-state index is 2.48. The van der Waals surface area contributed by atoms with Crippen LogP contribution in [0, 0.1) is 17.8 Å². The molecule has 4 fully saturated rings. The molecule has 8 aromatic carbocycles. The Bertz CT molecular complexity index is 2920. The van der Waals surface area contributed by atoms with Gasteiger partial charge in [0, 0.05) is 37.2 Å². The van der Waals surface area contributed by atoms with E-state index in [0.717, 1.165) is 34.8 Å². The van der Waals surface area contributed by atoms with Crippen LogP contribution in [0.1, 0.15) is 44.1 Å². The van der Waals surface area contributed by atoms with Gasteiger partial charge in [0.15, 0.2) is 0 Å². The zero-order valence-electron chi connectivity index (χ0n) is 32.7. The molecule has 13 rings (SSSR count).